The number of rotatable bonds is 2. The van der Waals surface area contributed by atoms with Crippen molar-refractivity contribution in [3.63, 3.8) is 0 Å². The second-order valence-electron chi connectivity index (χ2n) is 3.47. The SMILES string of the molecule is COC(=O)c1cc(NC2=NCCN2)ccc1F. The van der Waals surface area contributed by atoms with Crippen molar-refractivity contribution in [1.29, 1.82) is 0 Å². The fourth-order valence-corrected chi connectivity index (χ4v) is 1.49. The van der Waals surface area contributed by atoms with Gasteiger partial charge in [-0.05, 0) is 18.2 Å². The smallest absolute Gasteiger partial charge is 0.340 e. The highest BCUT2D eigenvalue weighted by Crippen LogP contribution is 2.15. The average molecular weight is 237 g/mol. The highest BCUT2D eigenvalue weighted by atomic mass is 19.1. The molecule has 0 fully saturated rings. The van der Waals surface area contributed by atoms with Gasteiger partial charge in [-0.2, -0.15) is 0 Å². The molecule has 0 bridgehead atoms. The molecule has 90 valence electrons. The highest BCUT2D eigenvalue weighted by Gasteiger charge is 2.13. The minimum Gasteiger partial charge on any atom is -0.465 e. The summed E-state index contributed by atoms with van der Waals surface area (Å²) in [6, 6.07) is 4.14. The molecule has 0 atom stereocenters. The largest absolute Gasteiger partial charge is 0.465 e. The van der Waals surface area contributed by atoms with Gasteiger partial charge in [0, 0.05) is 12.2 Å². The number of carbonyl (C=O) groups excluding carboxylic acids is 1. The summed E-state index contributed by atoms with van der Waals surface area (Å²) in [5, 5.41) is 5.96. The number of anilines is 1. The molecule has 6 heteroatoms. The van der Waals surface area contributed by atoms with Gasteiger partial charge in [-0.1, -0.05) is 0 Å². The molecule has 0 saturated carbocycles. The number of esters is 1. The van der Waals surface area contributed by atoms with Crippen LogP contribution in [-0.4, -0.2) is 32.1 Å². The van der Waals surface area contributed by atoms with E-state index in [1.54, 1.807) is 0 Å². The lowest BCUT2D eigenvalue weighted by Gasteiger charge is -2.08. The zero-order chi connectivity index (χ0) is 12.3. The summed E-state index contributed by atoms with van der Waals surface area (Å²) < 4.78 is 17.8. The van der Waals surface area contributed by atoms with Gasteiger partial charge in [0.25, 0.3) is 0 Å². The van der Waals surface area contributed by atoms with E-state index in [-0.39, 0.29) is 5.56 Å². The summed E-state index contributed by atoms with van der Waals surface area (Å²) in [4.78, 5) is 15.4. The maximum Gasteiger partial charge on any atom is 0.340 e. The van der Waals surface area contributed by atoms with E-state index in [0.717, 1.165) is 6.54 Å². The zero-order valence-corrected chi connectivity index (χ0v) is 9.29. The molecule has 0 radical (unpaired) electrons. The van der Waals surface area contributed by atoms with Crippen molar-refractivity contribution >= 4 is 17.6 Å². The number of hydrogen-bond acceptors (Lipinski definition) is 5. The van der Waals surface area contributed by atoms with Crippen molar-refractivity contribution in [1.82, 2.24) is 5.32 Å². The molecule has 17 heavy (non-hydrogen) atoms. The van der Waals surface area contributed by atoms with E-state index in [1.807, 2.05) is 0 Å². The minimum absolute atomic E-state index is 0.101. The van der Waals surface area contributed by atoms with Crippen LogP contribution in [0.3, 0.4) is 0 Å². The van der Waals surface area contributed by atoms with Gasteiger partial charge in [0.15, 0.2) is 5.96 Å². The van der Waals surface area contributed by atoms with Gasteiger partial charge in [-0.25, -0.2) is 9.18 Å². The number of methoxy groups -OCH3 is 1. The van der Waals surface area contributed by atoms with Crippen LogP contribution in [0.25, 0.3) is 0 Å². The normalized spacial score (nSPS) is 13.9. The van der Waals surface area contributed by atoms with Crippen molar-refractivity contribution in [2.75, 3.05) is 25.5 Å². The summed E-state index contributed by atoms with van der Waals surface area (Å²) in [6.07, 6.45) is 0. The van der Waals surface area contributed by atoms with Crippen molar-refractivity contribution < 1.29 is 13.9 Å². The summed E-state index contributed by atoms with van der Waals surface area (Å²) in [6.45, 7) is 1.47. The summed E-state index contributed by atoms with van der Waals surface area (Å²) >= 11 is 0. The van der Waals surface area contributed by atoms with Crippen molar-refractivity contribution in [3.8, 4) is 0 Å². The number of carbonyl (C=O) groups is 1. The van der Waals surface area contributed by atoms with E-state index in [0.29, 0.717) is 18.2 Å². The van der Waals surface area contributed by atoms with Gasteiger partial charge in [-0.15, -0.1) is 0 Å². The Morgan fingerprint density at radius 3 is 3.06 bits per heavy atom. The predicted molar refractivity (Wildman–Crippen MR) is 61.7 cm³/mol. The number of nitrogens with one attached hydrogen (secondary N) is 2. The number of halogens is 1. The number of guanidine groups is 1. The monoisotopic (exact) mass is 237 g/mol. The fraction of sp³-hybridized carbons (Fsp3) is 0.273. The quantitative estimate of drug-likeness (QED) is 0.753. The molecule has 2 rings (SSSR count). The molecule has 1 aromatic carbocycles. The number of hydrogen-bond donors (Lipinski definition) is 2. The third kappa shape index (κ3) is 2.52. The van der Waals surface area contributed by atoms with Crippen LogP contribution in [0.5, 0.6) is 0 Å². The van der Waals surface area contributed by atoms with Crippen LogP contribution in [0.4, 0.5) is 10.1 Å². The van der Waals surface area contributed by atoms with Crippen LogP contribution in [0.15, 0.2) is 23.2 Å². The molecule has 1 aliphatic rings. The Hall–Kier alpha value is -2.11. The molecular weight excluding hydrogens is 225 g/mol. The maximum atomic E-state index is 13.3. The first-order chi connectivity index (χ1) is 8.20. The Kier molecular flexibility index (Phi) is 3.22. The topological polar surface area (TPSA) is 62.7 Å². The molecule has 0 spiro atoms. The molecule has 0 saturated heterocycles. The summed E-state index contributed by atoms with van der Waals surface area (Å²) in [7, 11) is 1.21. The lowest BCUT2D eigenvalue weighted by molar-refractivity contribution is 0.0595. The molecule has 0 aromatic heterocycles. The van der Waals surface area contributed by atoms with Gasteiger partial charge in [0.1, 0.15) is 5.82 Å². The zero-order valence-electron chi connectivity index (χ0n) is 9.29. The van der Waals surface area contributed by atoms with Crippen LogP contribution >= 0.6 is 0 Å². The van der Waals surface area contributed by atoms with E-state index < -0.39 is 11.8 Å². The van der Waals surface area contributed by atoms with Crippen molar-refractivity contribution in [2.24, 2.45) is 4.99 Å². The number of nitrogens with zero attached hydrogens (tertiary/aromatic N) is 1. The minimum atomic E-state index is -0.701. The average Bonchev–Trinajstić information content (AvgIpc) is 2.83. The number of aliphatic imine (C=N–C) groups is 1. The molecule has 0 amide bonds. The van der Waals surface area contributed by atoms with E-state index in [1.165, 1.54) is 25.3 Å². The molecule has 1 aliphatic heterocycles. The molecule has 1 heterocycles. The lowest BCUT2D eigenvalue weighted by Crippen LogP contribution is -2.26. The lowest BCUT2D eigenvalue weighted by atomic mass is 10.2. The van der Waals surface area contributed by atoms with Crippen LogP contribution in [0.1, 0.15) is 10.4 Å². The van der Waals surface area contributed by atoms with Crippen LogP contribution in [0, 0.1) is 5.82 Å². The van der Waals surface area contributed by atoms with Gasteiger partial charge in [0.2, 0.25) is 0 Å². The molecule has 0 aliphatic carbocycles. The van der Waals surface area contributed by atoms with Gasteiger partial charge in [0.05, 0.1) is 19.2 Å². The Morgan fingerprint density at radius 2 is 2.41 bits per heavy atom. The molecule has 0 unspecified atom stereocenters. The molecule has 5 nitrogen and oxygen atoms in total. The molecule has 2 N–H and O–H groups in total. The Balaban J connectivity index is 2.21. The second-order valence-corrected chi connectivity index (χ2v) is 3.47. The standard InChI is InChI=1S/C11H12FN3O2/c1-17-10(16)8-6-7(2-3-9(8)12)15-11-13-4-5-14-11/h2-3,6H,4-5H2,1H3,(H2,13,14,15). The molecule has 1 aromatic rings. The van der Waals surface area contributed by atoms with Crippen LogP contribution < -0.4 is 10.6 Å². The first-order valence-electron chi connectivity index (χ1n) is 5.14. The van der Waals surface area contributed by atoms with E-state index in [4.69, 9.17) is 0 Å². The van der Waals surface area contributed by atoms with E-state index >= 15 is 0 Å². The predicted octanol–water partition coefficient (Wildman–Crippen LogP) is 0.983. The van der Waals surface area contributed by atoms with Crippen molar-refractivity contribution in [2.45, 2.75) is 0 Å². The third-order valence-electron chi connectivity index (χ3n) is 2.31. The maximum absolute atomic E-state index is 13.3. The first kappa shape index (κ1) is 11.4. The third-order valence-corrected chi connectivity index (χ3v) is 2.31. The summed E-state index contributed by atoms with van der Waals surface area (Å²) in [5.41, 5.74) is 0.482. The number of ether oxygens (including phenoxy) is 1. The van der Waals surface area contributed by atoms with E-state index in [9.17, 15) is 9.18 Å². The van der Waals surface area contributed by atoms with Gasteiger partial charge >= 0.3 is 5.97 Å². The Morgan fingerprint density at radius 1 is 1.59 bits per heavy atom. The Labute approximate surface area is 97.7 Å². The second kappa shape index (κ2) is 4.82. The van der Waals surface area contributed by atoms with Crippen LogP contribution in [0.2, 0.25) is 0 Å². The summed E-state index contributed by atoms with van der Waals surface area (Å²) in [5.74, 6) is -0.691. The Bertz CT molecular complexity index is 474. The highest BCUT2D eigenvalue weighted by molar-refractivity contribution is 5.96. The fourth-order valence-electron chi connectivity index (χ4n) is 1.49. The number of benzene rings is 1. The van der Waals surface area contributed by atoms with Gasteiger partial charge < -0.3 is 15.4 Å². The molecular formula is C11H12FN3O2. The van der Waals surface area contributed by atoms with Crippen molar-refractivity contribution in [3.05, 3.63) is 29.6 Å². The first-order valence-corrected chi connectivity index (χ1v) is 5.14. The van der Waals surface area contributed by atoms with E-state index in [2.05, 4.69) is 20.4 Å². The van der Waals surface area contributed by atoms with Gasteiger partial charge in [-0.3, -0.25) is 4.99 Å². The van der Waals surface area contributed by atoms with Crippen LogP contribution in [-0.2, 0) is 4.74 Å².